The van der Waals surface area contributed by atoms with Crippen molar-refractivity contribution in [2.24, 2.45) is 11.7 Å². The third-order valence-corrected chi connectivity index (χ3v) is 4.25. The van der Waals surface area contributed by atoms with Crippen LogP contribution in [0.25, 0.3) is 0 Å². The van der Waals surface area contributed by atoms with E-state index in [2.05, 4.69) is 18.8 Å². The van der Waals surface area contributed by atoms with Gasteiger partial charge in [0.25, 0.3) is 0 Å². The minimum Gasteiger partial charge on any atom is -0.352 e. The van der Waals surface area contributed by atoms with E-state index in [4.69, 9.17) is 5.73 Å². The molecule has 0 fully saturated rings. The first-order valence-corrected chi connectivity index (χ1v) is 9.25. The van der Waals surface area contributed by atoms with Gasteiger partial charge in [-0.15, -0.1) is 0 Å². The highest BCUT2D eigenvalue weighted by molar-refractivity contribution is 5.91. The lowest BCUT2D eigenvalue weighted by Crippen LogP contribution is -2.25. The number of hydrogen-bond acceptors (Lipinski definition) is 2. The van der Waals surface area contributed by atoms with Gasteiger partial charge in [-0.2, -0.15) is 0 Å². The summed E-state index contributed by atoms with van der Waals surface area (Å²) in [4.78, 5) is 11.4. The normalized spacial score (nSPS) is 12.1. The second-order valence-corrected chi connectivity index (χ2v) is 6.53. The zero-order chi connectivity index (χ0) is 16.6. The molecule has 130 valence electrons. The Morgan fingerprint density at radius 3 is 2.18 bits per heavy atom. The quantitative estimate of drug-likeness (QED) is 0.344. The largest absolute Gasteiger partial charge is 0.352 e. The van der Waals surface area contributed by atoms with Gasteiger partial charge in [0.05, 0.1) is 0 Å². The average Bonchev–Trinajstić information content (AvgIpc) is 2.50. The van der Waals surface area contributed by atoms with Crippen LogP contribution in [0.3, 0.4) is 0 Å². The lowest BCUT2D eigenvalue weighted by atomic mass is 9.92. The first-order chi connectivity index (χ1) is 10.6. The third kappa shape index (κ3) is 12.9. The van der Waals surface area contributed by atoms with E-state index in [0.29, 0.717) is 5.57 Å². The number of amides is 1. The van der Waals surface area contributed by atoms with Crippen LogP contribution in [0.15, 0.2) is 12.2 Å². The van der Waals surface area contributed by atoms with Crippen LogP contribution in [0, 0.1) is 5.92 Å². The van der Waals surface area contributed by atoms with Crippen LogP contribution in [0.5, 0.6) is 0 Å². The van der Waals surface area contributed by atoms with E-state index in [1.807, 2.05) is 0 Å². The molecule has 0 aromatic carbocycles. The topological polar surface area (TPSA) is 55.1 Å². The van der Waals surface area contributed by atoms with Crippen molar-refractivity contribution in [3.05, 3.63) is 12.2 Å². The van der Waals surface area contributed by atoms with E-state index < -0.39 is 0 Å². The Morgan fingerprint density at radius 2 is 1.59 bits per heavy atom. The molecular formula is C19H38N2O. The third-order valence-electron chi connectivity index (χ3n) is 4.25. The molecule has 3 heteroatoms. The summed E-state index contributed by atoms with van der Waals surface area (Å²) in [6.45, 7) is 9.18. The summed E-state index contributed by atoms with van der Waals surface area (Å²) in [6, 6.07) is 0. The molecule has 0 aliphatic heterocycles. The molecule has 22 heavy (non-hydrogen) atoms. The minimum atomic E-state index is -0.0255. The SMILES string of the molecule is C=C(C)C(=O)NCCCC(CCN)CCCCCCCCC. The Morgan fingerprint density at radius 1 is 1.00 bits per heavy atom. The second-order valence-electron chi connectivity index (χ2n) is 6.53. The lowest BCUT2D eigenvalue weighted by Gasteiger charge is -2.16. The molecule has 1 amide bonds. The van der Waals surface area contributed by atoms with Crippen molar-refractivity contribution >= 4 is 5.91 Å². The number of rotatable bonds is 15. The summed E-state index contributed by atoms with van der Waals surface area (Å²) in [6.07, 6.45) is 14.2. The molecule has 3 N–H and O–H groups in total. The van der Waals surface area contributed by atoms with Crippen LogP contribution < -0.4 is 11.1 Å². The van der Waals surface area contributed by atoms with Crippen LogP contribution >= 0.6 is 0 Å². The maximum Gasteiger partial charge on any atom is 0.246 e. The van der Waals surface area contributed by atoms with Crippen LogP contribution in [0.2, 0.25) is 0 Å². The molecule has 0 aliphatic carbocycles. The van der Waals surface area contributed by atoms with Crippen molar-refractivity contribution in [3.8, 4) is 0 Å². The molecule has 0 saturated heterocycles. The molecule has 0 rings (SSSR count). The van der Waals surface area contributed by atoms with Crippen LogP contribution in [-0.4, -0.2) is 19.0 Å². The van der Waals surface area contributed by atoms with Crippen molar-refractivity contribution in [3.63, 3.8) is 0 Å². The summed E-state index contributed by atoms with van der Waals surface area (Å²) in [5, 5.41) is 2.91. The summed E-state index contributed by atoms with van der Waals surface area (Å²) in [5.74, 6) is 0.699. The summed E-state index contributed by atoms with van der Waals surface area (Å²) in [7, 11) is 0. The predicted octanol–water partition coefficient (Wildman–Crippen LogP) is 4.56. The van der Waals surface area contributed by atoms with Gasteiger partial charge in [0.1, 0.15) is 0 Å². The molecule has 0 aromatic rings. The van der Waals surface area contributed by atoms with Gasteiger partial charge < -0.3 is 11.1 Å². The Balaban J connectivity index is 3.64. The Labute approximate surface area is 138 Å². The molecule has 1 unspecified atom stereocenters. The number of unbranched alkanes of at least 4 members (excludes halogenated alkanes) is 6. The van der Waals surface area contributed by atoms with Crippen molar-refractivity contribution in [2.45, 2.75) is 84.5 Å². The number of carbonyl (C=O) groups is 1. The number of carbonyl (C=O) groups excluding carboxylic acids is 1. The maximum absolute atomic E-state index is 11.4. The maximum atomic E-state index is 11.4. The summed E-state index contributed by atoms with van der Waals surface area (Å²) >= 11 is 0. The number of nitrogens with two attached hydrogens (primary N) is 1. The van der Waals surface area contributed by atoms with Crippen molar-refractivity contribution in [1.29, 1.82) is 0 Å². The van der Waals surface area contributed by atoms with E-state index in [9.17, 15) is 4.79 Å². The molecule has 0 bridgehead atoms. The summed E-state index contributed by atoms with van der Waals surface area (Å²) < 4.78 is 0. The van der Waals surface area contributed by atoms with E-state index in [0.717, 1.165) is 31.8 Å². The molecule has 0 heterocycles. The van der Waals surface area contributed by atoms with Crippen molar-refractivity contribution < 1.29 is 4.79 Å². The highest BCUT2D eigenvalue weighted by atomic mass is 16.1. The van der Waals surface area contributed by atoms with Gasteiger partial charge in [-0.1, -0.05) is 64.9 Å². The fraction of sp³-hybridized carbons (Fsp3) is 0.842. The summed E-state index contributed by atoms with van der Waals surface area (Å²) in [5.41, 5.74) is 6.31. The zero-order valence-corrected chi connectivity index (χ0v) is 15.0. The second kappa shape index (κ2) is 15.1. The monoisotopic (exact) mass is 310 g/mol. The Hall–Kier alpha value is -0.830. The molecule has 0 radical (unpaired) electrons. The highest BCUT2D eigenvalue weighted by Gasteiger charge is 2.08. The van der Waals surface area contributed by atoms with Crippen LogP contribution in [-0.2, 0) is 4.79 Å². The van der Waals surface area contributed by atoms with Crippen molar-refractivity contribution in [2.75, 3.05) is 13.1 Å². The van der Waals surface area contributed by atoms with Gasteiger partial charge >= 0.3 is 0 Å². The van der Waals surface area contributed by atoms with Crippen molar-refractivity contribution in [1.82, 2.24) is 5.32 Å². The van der Waals surface area contributed by atoms with Crippen LogP contribution in [0.1, 0.15) is 84.5 Å². The molecular weight excluding hydrogens is 272 g/mol. The first-order valence-electron chi connectivity index (χ1n) is 9.25. The zero-order valence-electron chi connectivity index (χ0n) is 15.0. The molecule has 0 aromatic heterocycles. The number of nitrogens with one attached hydrogen (secondary N) is 1. The minimum absolute atomic E-state index is 0.0255. The molecule has 3 nitrogen and oxygen atoms in total. The molecule has 1 atom stereocenters. The Bertz CT molecular complexity index is 289. The van der Waals surface area contributed by atoms with Gasteiger partial charge in [-0.05, 0) is 38.6 Å². The Kier molecular flexibility index (Phi) is 14.5. The number of hydrogen-bond donors (Lipinski definition) is 2. The first kappa shape index (κ1) is 21.2. The van der Waals surface area contributed by atoms with E-state index >= 15 is 0 Å². The fourth-order valence-electron chi connectivity index (χ4n) is 2.80. The molecule has 0 aliphatic rings. The van der Waals surface area contributed by atoms with E-state index in [1.54, 1.807) is 6.92 Å². The van der Waals surface area contributed by atoms with Gasteiger partial charge in [0.2, 0.25) is 5.91 Å². The van der Waals surface area contributed by atoms with E-state index in [1.165, 1.54) is 57.8 Å². The smallest absolute Gasteiger partial charge is 0.246 e. The highest BCUT2D eigenvalue weighted by Crippen LogP contribution is 2.19. The molecule has 0 spiro atoms. The predicted molar refractivity (Wildman–Crippen MR) is 96.8 cm³/mol. The van der Waals surface area contributed by atoms with Gasteiger partial charge in [-0.25, -0.2) is 0 Å². The lowest BCUT2D eigenvalue weighted by molar-refractivity contribution is -0.117. The van der Waals surface area contributed by atoms with Gasteiger partial charge in [0.15, 0.2) is 0 Å². The fourth-order valence-corrected chi connectivity index (χ4v) is 2.80. The van der Waals surface area contributed by atoms with Gasteiger partial charge in [0, 0.05) is 12.1 Å². The van der Waals surface area contributed by atoms with E-state index in [-0.39, 0.29) is 5.91 Å². The van der Waals surface area contributed by atoms with Gasteiger partial charge in [-0.3, -0.25) is 4.79 Å². The standard InChI is InChI=1S/C19H38N2O/c1-4-5-6-7-8-9-10-12-18(14-15-20)13-11-16-21-19(22)17(2)3/h18H,2,4-16,20H2,1,3H3,(H,21,22). The molecule has 0 saturated carbocycles. The average molecular weight is 311 g/mol. The van der Waals surface area contributed by atoms with Crippen LogP contribution in [0.4, 0.5) is 0 Å².